The largest absolute Gasteiger partial charge is 0.472 e. The van der Waals surface area contributed by atoms with E-state index in [4.69, 9.17) is 18.5 Å². The van der Waals surface area contributed by atoms with E-state index in [2.05, 4.69) is 38.2 Å². The lowest BCUT2D eigenvalue weighted by Crippen LogP contribution is -2.37. The van der Waals surface area contributed by atoms with Crippen LogP contribution in [0.25, 0.3) is 0 Å². The summed E-state index contributed by atoms with van der Waals surface area (Å²) >= 11 is 0. The van der Waals surface area contributed by atoms with Gasteiger partial charge in [-0.2, -0.15) is 0 Å². The zero-order valence-corrected chi connectivity index (χ0v) is 34.3. The molecule has 2 atom stereocenters. The van der Waals surface area contributed by atoms with Crippen molar-refractivity contribution in [3.8, 4) is 0 Å². The molecule has 0 aromatic heterocycles. The van der Waals surface area contributed by atoms with Crippen molar-refractivity contribution in [2.75, 3.05) is 54.1 Å². The first kappa shape index (κ1) is 49.0. The summed E-state index contributed by atoms with van der Waals surface area (Å²) in [7, 11) is 1.66. The number of rotatable bonds is 38. The number of quaternary nitrogens is 1. The number of esters is 1. The molecule has 50 heavy (non-hydrogen) atoms. The maximum atomic E-state index is 12.6. The minimum absolute atomic E-state index is 0.0874. The van der Waals surface area contributed by atoms with E-state index in [0.717, 1.165) is 57.8 Å². The molecule has 0 saturated heterocycles. The van der Waals surface area contributed by atoms with Crippen molar-refractivity contribution < 1.29 is 37.3 Å². The molecule has 0 radical (unpaired) electrons. The van der Waals surface area contributed by atoms with Crippen LogP contribution in [0.4, 0.5) is 0 Å². The summed E-state index contributed by atoms with van der Waals surface area (Å²) in [6, 6.07) is 0. The number of unbranched alkanes of at least 4 members (excludes halogenated alkanes) is 20. The number of allylic oxidation sites excluding steroid dienone is 4. The van der Waals surface area contributed by atoms with Gasteiger partial charge in [0.15, 0.2) is 0 Å². The summed E-state index contributed by atoms with van der Waals surface area (Å²) in [5.41, 5.74) is 0. The molecule has 0 rings (SSSR count). The molecular weight excluding hydrogens is 649 g/mol. The summed E-state index contributed by atoms with van der Waals surface area (Å²) in [6.45, 7) is 5.58. The fraction of sp³-hybridized carbons (Fsp3) is 0.878. The Balaban J connectivity index is 4.28. The van der Waals surface area contributed by atoms with Crippen LogP contribution >= 0.6 is 7.82 Å². The number of phosphoric ester groups is 1. The molecule has 0 amide bonds. The number of carbonyl (C=O) groups is 1. The van der Waals surface area contributed by atoms with Gasteiger partial charge in [-0.1, -0.05) is 154 Å². The van der Waals surface area contributed by atoms with E-state index < -0.39 is 13.9 Å². The summed E-state index contributed by atoms with van der Waals surface area (Å²) in [6.07, 6.45) is 37.7. The van der Waals surface area contributed by atoms with E-state index in [1.54, 1.807) is 0 Å². The third-order valence-electron chi connectivity index (χ3n) is 8.77. The number of carbonyl (C=O) groups excluding carboxylic acids is 1. The molecule has 0 fully saturated rings. The van der Waals surface area contributed by atoms with Crippen molar-refractivity contribution in [3.05, 3.63) is 24.3 Å². The molecule has 0 heterocycles. The van der Waals surface area contributed by atoms with Crippen LogP contribution in [0.2, 0.25) is 0 Å². The van der Waals surface area contributed by atoms with Gasteiger partial charge in [-0.05, 0) is 38.5 Å². The number of nitrogens with zero attached hydrogens (tertiary/aromatic N) is 1. The molecule has 0 aliphatic rings. The first-order chi connectivity index (χ1) is 24.1. The van der Waals surface area contributed by atoms with Crippen molar-refractivity contribution in [2.24, 2.45) is 0 Å². The lowest BCUT2D eigenvalue weighted by Gasteiger charge is -2.24. The quantitative estimate of drug-likeness (QED) is 0.0222. The SMILES string of the molecule is CCCC/C=C\C/C=C\CCCCCCCC(=O)OC(COCCCCCCCCCCCCCCCC)COP(=O)(O)OCC[N+](C)(C)C. The fourth-order valence-electron chi connectivity index (χ4n) is 5.51. The van der Waals surface area contributed by atoms with Gasteiger partial charge >= 0.3 is 13.8 Å². The maximum absolute atomic E-state index is 12.6. The Kier molecular flexibility index (Phi) is 34.3. The fourth-order valence-corrected chi connectivity index (χ4v) is 6.25. The van der Waals surface area contributed by atoms with Crippen LogP contribution in [0.3, 0.4) is 0 Å². The average Bonchev–Trinajstić information content (AvgIpc) is 3.06. The van der Waals surface area contributed by atoms with Gasteiger partial charge in [0.1, 0.15) is 19.3 Å². The van der Waals surface area contributed by atoms with Crippen LogP contribution in [-0.4, -0.2) is 75.6 Å². The molecule has 0 aliphatic carbocycles. The Bertz CT molecular complexity index is 858. The minimum atomic E-state index is -4.27. The van der Waals surface area contributed by atoms with Crippen LogP contribution in [0.15, 0.2) is 24.3 Å². The molecule has 296 valence electrons. The monoisotopic (exact) mass is 731 g/mol. The van der Waals surface area contributed by atoms with Gasteiger partial charge in [-0.25, -0.2) is 4.57 Å². The Morgan fingerprint density at radius 1 is 0.620 bits per heavy atom. The Morgan fingerprint density at radius 2 is 1.12 bits per heavy atom. The van der Waals surface area contributed by atoms with Gasteiger partial charge in [0.25, 0.3) is 0 Å². The van der Waals surface area contributed by atoms with Gasteiger partial charge in [-0.3, -0.25) is 13.8 Å². The molecule has 0 spiro atoms. The summed E-state index contributed by atoms with van der Waals surface area (Å²) in [5, 5.41) is 0. The summed E-state index contributed by atoms with van der Waals surface area (Å²) in [4.78, 5) is 22.8. The molecular formula is C41H81NO7P+. The lowest BCUT2D eigenvalue weighted by molar-refractivity contribution is -0.870. The van der Waals surface area contributed by atoms with Gasteiger partial charge in [0.05, 0.1) is 34.4 Å². The summed E-state index contributed by atoms with van der Waals surface area (Å²) in [5.74, 6) is -0.327. The van der Waals surface area contributed by atoms with Gasteiger partial charge < -0.3 is 18.9 Å². The van der Waals surface area contributed by atoms with E-state index in [-0.39, 0.29) is 25.8 Å². The van der Waals surface area contributed by atoms with Crippen LogP contribution < -0.4 is 0 Å². The van der Waals surface area contributed by atoms with Gasteiger partial charge in [0, 0.05) is 13.0 Å². The predicted molar refractivity (Wildman–Crippen MR) is 210 cm³/mol. The molecule has 0 aromatic carbocycles. The van der Waals surface area contributed by atoms with Crippen molar-refractivity contribution in [2.45, 2.75) is 180 Å². The van der Waals surface area contributed by atoms with Crippen molar-refractivity contribution in [3.63, 3.8) is 0 Å². The Hall–Kier alpha value is -1.02. The topological polar surface area (TPSA) is 91.3 Å². The smallest absolute Gasteiger partial charge is 0.457 e. The number of ether oxygens (including phenoxy) is 2. The highest BCUT2D eigenvalue weighted by molar-refractivity contribution is 7.47. The standard InChI is InChI=1S/C41H80NO7P/c1-6-8-10-12-14-16-18-20-22-24-26-28-30-32-34-41(43)49-40(39-48-50(44,45)47-37-35-42(3,4)5)38-46-36-33-31-29-27-25-23-21-19-17-15-13-11-9-7-2/h12,14,18,20,40H,6-11,13,15-17,19,21-39H2,1-5H3/p+1/b14-12-,20-18-. The number of phosphoric acid groups is 1. The van der Waals surface area contributed by atoms with Crippen LogP contribution in [0.1, 0.15) is 174 Å². The second-order valence-corrected chi connectivity index (χ2v) is 16.5. The highest BCUT2D eigenvalue weighted by atomic mass is 31.2. The molecule has 0 saturated carbocycles. The zero-order chi connectivity index (χ0) is 37.0. The van der Waals surface area contributed by atoms with E-state index in [1.165, 1.54) is 96.3 Å². The molecule has 9 heteroatoms. The second-order valence-electron chi connectivity index (χ2n) is 15.0. The number of hydrogen-bond donors (Lipinski definition) is 1. The lowest BCUT2D eigenvalue weighted by atomic mass is 10.0. The molecule has 0 aliphatic heterocycles. The van der Waals surface area contributed by atoms with E-state index >= 15 is 0 Å². The van der Waals surface area contributed by atoms with Gasteiger partial charge in [0.2, 0.25) is 0 Å². The molecule has 0 bridgehead atoms. The maximum Gasteiger partial charge on any atom is 0.472 e. The number of likely N-dealkylation sites (N-methyl/N-ethyl adjacent to an activating group) is 1. The highest BCUT2D eigenvalue weighted by Crippen LogP contribution is 2.43. The first-order valence-corrected chi connectivity index (χ1v) is 22.1. The van der Waals surface area contributed by atoms with E-state index in [0.29, 0.717) is 24.1 Å². The van der Waals surface area contributed by atoms with Crippen molar-refractivity contribution in [1.29, 1.82) is 0 Å². The van der Waals surface area contributed by atoms with Crippen molar-refractivity contribution in [1.82, 2.24) is 0 Å². The molecule has 2 unspecified atom stereocenters. The average molecular weight is 731 g/mol. The molecule has 1 N–H and O–H groups in total. The molecule has 0 aromatic rings. The Morgan fingerprint density at radius 3 is 1.68 bits per heavy atom. The van der Waals surface area contributed by atoms with Gasteiger partial charge in [-0.15, -0.1) is 0 Å². The van der Waals surface area contributed by atoms with Crippen LogP contribution in [0, 0.1) is 0 Å². The van der Waals surface area contributed by atoms with E-state index in [9.17, 15) is 14.3 Å². The normalized spacial score (nSPS) is 14.1. The van der Waals surface area contributed by atoms with E-state index in [1.807, 2.05) is 21.1 Å². The van der Waals surface area contributed by atoms with Crippen LogP contribution in [0.5, 0.6) is 0 Å². The Labute approximate surface area is 309 Å². The second kappa shape index (κ2) is 35.0. The predicted octanol–water partition coefficient (Wildman–Crippen LogP) is 11.7. The summed E-state index contributed by atoms with van der Waals surface area (Å²) < 4.78 is 34.9. The zero-order valence-electron chi connectivity index (χ0n) is 33.4. The molecule has 8 nitrogen and oxygen atoms in total. The van der Waals surface area contributed by atoms with Crippen LogP contribution in [-0.2, 0) is 27.9 Å². The third-order valence-corrected chi connectivity index (χ3v) is 9.75. The number of hydrogen-bond acceptors (Lipinski definition) is 6. The minimum Gasteiger partial charge on any atom is -0.457 e. The third kappa shape index (κ3) is 38.2. The first-order valence-electron chi connectivity index (χ1n) is 20.6. The van der Waals surface area contributed by atoms with Crippen molar-refractivity contribution >= 4 is 13.8 Å². The highest BCUT2D eigenvalue weighted by Gasteiger charge is 2.26.